The van der Waals surface area contributed by atoms with Crippen LogP contribution in [0.2, 0.25) is 10.0 Å². The molecule has 3 aromatic rings. The number of hydrogen-bond donors (Lipinski definition) is 1. The number of benzene rings is 3. The first-order valence-corrected chi connectivity index (χ1v) is 11.3. The second kappa shape index (κ2) is 9.63. The quantitative estimate of drug-likeness (QED) is 0.424. The van der Waals surface area contributed by atoms with E-state index in [9.17, 15) is 4.79 Å². The molecule has 4 rings (SSSR count). The van der Waals surface area contributed by atoms with Gasteiger partial charge in [-0.15, -0.1) is 0 Å². The molecule has 0 spiro atoms. The molecular weight excluding hydrogens is 445 g/mol. The Morgan fingerprint density at radius 1 is 1.00 bits per heavy atom. The van der Waals surface area contributed by atoms with E-state index in [4.69, 9.17) is 33.0 Å². The second-order valence-corrected chi connectivity index (χ2v) is 9.11. The third-order valence-corrected chi connectivity index (χ3v) is 6.48. The average Bonchev–Trinajstić information content (AvgIpc) is 3.13. The van der Waals surface area contributed by atoms with Crippen LogP contribution in [0, 0.1) is 0 Å². The summed E-state index contributed by atoms with van der Waals surface area (Å²) in [6.45, 7) is 1.21. The van der Waals surface area contributed by atoms with Gasteiger partial charge >= 0.3 is 5.97 Å². The van der Waals surface area contributed by atoms with Gasteiger partial charge in [-0.1, -0.05) is 59.6 Å². The molecular formula is C26H25Cl2NO3. The lowest BCUT2D eigenvalue weighted by Gasteiger charge is -2.31. The number of halogens is 2. The van der Waals surface area contributed by atoms with Gasteiger partial charge in [0.1, 0.15) is 5.60 Å². The number of likely N-dealkylation sites (N-methyl/N-ethyl adjacent to an activating group) is 1. The number of fused-ring (bicyclic) bond motifs is 1. The molecule has 6 heteroatoms. The average molecular weight is 470 g/mol. The smallest absolute Gasteiger partial charge is 0.317 e. The normalized spacial score (nSPS) is 17.5. The minimum absolute atomic E-state index is 0.0237. The zero-order valence-electron chi connectivity index (χ0n) is 17.9. The van der Waals surface area contributed by atoms with Crippen LogP contribution < -0.4 is 0 Å². The van der Waals surface area contributed by atoms with Crippen molar-refractivity contribution in [3.8, 4) is 11.1 Å². The molecule has 0 amide bonds. The molecule has 1 heterocycles. The SMILES string of the molecule is CN(CCCC1(c2ccc(Cl)cc2)OCc2cc(-c3ccc(Cl)cc3)ccc21)CC(=O)O. The minimum Gasteiger partial charge on any atom is -0.480 e. The molecule has 1 aliphatic heterocycles. The summed E-state index contributed by atoms with van der Waals surface area (Å²) in [5.41, 5.74) is 5.02. The summed E-state index contributed by atoms with van der Waals surface area (Å²) < 4.78 is 6.51. The fraction of sp³-hybridized carbons (Fsp3) is 0.269. The van der Waals surface area contributed by atoms with E-state index < -0.39 is 11.6 Å². The van der Waals surface area contributed by atoms with Crippen LogP contribution in [0.3, 0.4) is 0 Å². The summed E-state index contributed by atoms with van der Waals surface area (Å²) in [5, 5.41) is 10.4. The summed E-state index contributed by atoms with van der Waals surface area (Å²) in [7, 11) is 1.82. The first-order valence-electron chi connectivity index (χ1n) is 10.6. The number of carbonyl (C=O) groups is 1. The Morgan fingerprint density at radius 3 is 2.28 bits per heavy atom. The Labute approximate surface area is 198 Å². The van der Waals surface area contributed by atoms with Crippen LogP contribution in [0.5, 0.6) is 0 Å². The molecule has 0 saturated carbocycles. The molecule has 166 valence electrons. The van der Waals surface area contributed by atoms with Gasteiger partial charge in [0.15, 0.2) is 0 Å². The standard InChI is InChI=1S/C26H25Cl2NO3/c1-29(16-25(30)31)14-2-13-26(21-6-10-23(28)11-7-21)24-12-5-19(15-20(24)17-32-26)18-3-8-22(27)9-4-18/h3-12,15H,2,13-14,16-17H2,1H3,(H,30,31). The lowest BCUT2D eigenvalue weighted by atomic mass is 9.81. The molecule has 0 aromatic heterocycles. The molecule has 1 aliphatic rings. The molecule has 1 N–H and O–H groups in total. The Hall–Kier alpha value is -2.37. The Kier molecular flexibility index (Phi) is 6.87. The van der Waals surface area contributed by atoms with Gasteiger partial charge in [0.05, 0.1) is 13.2 Å². The van der Waals surface area contributed by atoms with Gasteiger partial charge in [0.25, 0.3) is 0 Å². The second-order valence-electron chi connectivity index (χ2n) is 8.24. The monoisotopic (exact) mass is 469 g/mol. The van der Waals surface area contributed by atoms with E-state index in [0.29, 0.717) is 23.2 Å². The molecule has 4 nitrogen and oxygen atoms in total. The molecule has 1 unspecified atom stereocenters. The Morgan fingerprint density at radius 2 is 1.62 bits per heavy atom. The lowest BCUT2D eigenvalue weighted by molar-refractivity contribution is -0.138. The molecule has 32 heavy (non-hydrogen) atoms. The van der Waals surface area contributed by atoms with Gasteiger partial charge in [-0.05, 0) is 84.6 Å². The fourth-order valence-corrected chi connectivity index (χ4v) is 4.68. The van der Waals surface area contributed by atoms with Crippen molar-refractivity contribution in [1.29, 1.82) is 0 Å². The largest absolute Gasteiger partial charge is 0.480 e. The van der Waals surface area contributed by atoms with Crippen LogP contribution in [-0.2, 0) is 21.7 Å². The molecule has 0 bridgehead atoms. The van der Waals surface area contributed by atoms with E-state index in [0.717, 1.165) is 40.7 Å². The van der Waals surface area contributed by atoms with Gasteiger partial charge < -0.3 is 9.84 Å². The van der Waals surface area contributed by atoms with Crippen molar-refractivity contribution < 1.29 is 14.6 Å². The van der Waals surface area contributed by atoms with E-state index in [2.05, 4.69) is 18.2 Å². The summed E-state index contributed by atoms with van der Waals surface area (Å²) in [4.78, 5) is 12.8. The van der Waals surface area contributed by atoms with Crippen molar-refractivity contribution in [3.63, 3.8) is 0 Å². The number of ether oxygens (including phenoxy) is 1. The lowest BCUT2D eigenvalue weighted by Crippen LogP contribution is -2.31. The van der Waals surface area contributed by atoms with Crippen molar-refractivity contribution in [2.75, 3.05) is 20.1 Å². The van der Waals surface area contributed by atoms with E-state index in [-0.39, 0.29) is 6.54 Å². The first kappa shape index (κ1) is 22.8. The van der Waals surface area contributed by atoms with E-state index in [1.54, 1.807) is 0 Å². The predicted octanol–water partition coefficient (Wildman–Crippen LogP) is 6.23. The van der Waals surface area contributed by atoms with Crippen LogP contribution >= 0.6 is 23.2 Å². The predicted molar refractivity (Wildman–Crippen MR) is 128 cm³/mol. The van der Waals surface area contributed by atoms with Crippen LogP contribution in [0.1, 0.15) is 29.5 Å². The number of aliphatic carboxylic acids is 1. The number of rotatable bonds is 8. The first-order chi connectivity index (χ1) is 15.4. The topological polar surface area (TPSA) is 49.8 Å². The van der Waals surface area contributed by atoms with Crippen molar-refractivity contribution >= 4 is 29.2 Å². The van der Waals surface area contributed by atoms with Crippen molar-refractivity contribution in [2.24, 2.45) is 0 Å². The summed E-state index contributed by atoms with van der Waals surface area (Å²) in [6, 6.07) is 22.1. The highest BCUT2D eigenvalue weighted by atomic mass is 35.5. The Balaban J connectivity index is 1.65. The Bertz CT molecular complexity index is 1100. The molecule has 0 saturated heterocycles. The summed E-state index contributed by atoms with van der Waals surface area (Å²) >= 11 is 12.2. The number of carboxylic acids is 1. The summed E-state index contributed by atoms with van der Waals surface area (Å²) in [5.74, 6) is -0.822. The highest BCUT2D eigenvalue weighted by molar-refractivity contribution is 6.30. The molecule has 0 fully saturated rings. The maximum atomic E-state index is 11.0. The van der Waals surface area contributed by atoms with Crippen LogP contribution in [0.25, 0.3) is 11.1 Å². The number of carboxylic acid groups (broad SMARTS) is 1. The van der Waals surface area contributed by atoms with Gasteiger partial charge in [-0.2, -0.15) is 0 Å². The van der Waals surface area contributed by atoms with E-state index >= 15 is 0 Å². The molecule has 3 aromatic carbocycles. The highest BCUT2D eigenvalue weighted by Crippen LogP contribution is 2.46. The minimum atomic E-state index is -0.822. The van der Waals surface area contributed by atoms with E-state index in [1.165, 1.54) is 0 Å². The van der Waals surface area contributed by atoms with Gasteiger partial charge in [-0.3, -0.25) is 9.69 Å². The fourth-order valence-electron chi connectivity index (χ4n) is 4.42. The summed E-state index contributed by atoms with van der Waals surface area (Å²) in [6.07, 6.45) is 1.54. The zero-order chi connectivity index (χ0) is 22.7. The van der Waals surface area contributed by atoms with Crippen molar-refractivity contribution in [3.05, 3.63) is 93.5 Å². The molecule has 0 radical (unpaired) electrons. The molecule has 0 aliphatic carbocycles. The van der Waals surface area contributed by atoms with Crippen molar-refractivity contribution in [1.82, 2.24) is 4.90 Å². The maximum Gasteiger partial charge on any atom is 0.317 e. The number of hydrogen-bond acceptors (Lipinski definition) is 3. The highest BCUT2D eigenvalue weighted by Gasteiger charge is 2.41. The maximum absolute atomic E-state index is 11.0. The molecule has 1 atom stereocenters. The third-order valence-electron chi connectivity index (χ3n) is 5.98. The third kappa shape index (κ3) is 4.84. The van der Waals surface area contributed by atoms with E-state index in [1.807, 2.05) is 60.5 Å². The van der Waals surface area contributed by atoms with Crippen LogP contribution in [0.4, 0.5) is 0 Å². The van der Waals surface area contributed by atoms with Gasteiger partial charge in [0.2, 0.25) is 0 Å². The van der Waals surface area contributed by atoms with Gasteiger partial charge in [0, 0.05) is 10.0 Å². The number of nitrogens with zero attached hydrogens (tertiary/aromatic N) is 1. The van der Waals surface area contributed by atoms with Gasteiger partial charge in [-0.25, -0.2) is 0 Å². The van der Waals surface area contributed by atoms with Crippen LogP contribution in [0.15, 0.2) is 66.7 Å². The zero-order valence-corrected chi connectivity index (χ0v) is 19.4. The van der Waals surface area contributed by atoms with Crippen LogP contribution in [-0.4, -0.2) is 36.1 Å². The van der Waals surface area contributed by atoms with Crippen molar-refractivity contribution in [2.45, 2.75) is 25.0 Å².